The molecule has 0 aliphatic heterocycles. The van der Waals surface area contributed by atoms with Crippen molar-refractivity contribution in [2.24, 2.45) is 0 Å². The van der Waals surface area contributed by atoms with Gasteiger partial charge in [0.25, 0.3) is 0 Å². The van der Waals surface area contributed by atoms with Crippen LogP contribution in [-0.4, -0.2) is 38.6 Å². The molecule has 0 aliphatic carbocycles. The Bertz CT molecular complexity index is 907. The standard InChI is InChI=1S/C20H22N2O3S/c1-22(11-14-13-26-19-7-5-4-6-16(14)19)12-20(23)21-15-8-9-17(24-2)18(10-15)25-3/h4-10,13H,11-12H2,1-3H3,(H,21,23). The van der Waals surface area contributed by atoms with E-state index in [9.17, 15) is 4.79 Å². The maximum Gasteiger partial charge on any atom is 0.238 e. The minimum Gasteiger partial charge on any atom is -0.493 e. The zero-order valence-corrected chi connectivity index (χ0v) is 15.9. The third kappa shape index (κ3) is 4.15. The summed E-state index contributed by atoms with van der Waals surface area (Å²) in [6.45, 7) is 1.03. The largest absolute Gasteiger partial charge is 0.493 e. The molecule has 0 saturated heterocycles. The summed E-state index contributed by atoms with van der Waals surface area (Å²) in [4.78, 5) is 14.4. The Labute approximate surface area is 157 Å². The number of benzene rings is 2. The Balaban J connectivity index is 1.61. The van der Waals surface area contributed by atoms with Crippen molar-refractivity contribution in [2.45, 2.75) is 6.54 Å². The molecular formula is C20H22N2O3S. The molecule has 0 bridgehead atoms. The molecule has 6 heteroatoms. The van der Waals surface area contributed by atoms with Gasteiger partial charge in [-0.1, -0.05) is 18.2 Å². The van der Waals surface area contributed by atoms with Gasteiger partial charge in [0.1, 0.15) is 0 Å². The lowest BCUT2D eigenvalue weighted by Gasteiger charge is -2.16. The number of methoxy groups -OCH3 is 2. The van der Waals surface area contributed by atoms with Crippen LogP contribution in [0.5, 0.6) is 11.5 Å². The van der Waals surface area contributed by atoms with Crippen LogP contribution in [0.4, 0.5) is 5.69 Å². The number of likely N-dealkylation sites (N-methyl/N-ethyl adjacent to an activating group) is 1. The first-order valence-corrected chi connectivity index (χ1v) is 9.14. The van der Waals surface area contributed by atoms with Gasteiger partial charge in [-0.25, -0.2) is 0 Å². The smallest absolute Gasteiger partial charge is 0.238 e. The molecule has 0 fully saturated rings. The van der Waals surface area contributed by atoms with E-state index in [0.717, 1.165) is 6.54 Å². The Hall–Kier alpha value is -2.57. The van der Waals surface area contributed by atoms with Crippen molar-refractivity contribution < 1.29 is 14.3 Å². The van der Waals surface area contributed by atoms with Crippen LogP contribution in [0, 0.1) is 0 Å². The van der Waals surface area contributed by atoms with E-state index < -0.39 is 0 Å². The number of nitrogens with one attached hydrogen (secondary N) is 1. The van der Waals surface area contributed by atoms with Crippen molar-refractivity contribution in [3.8, 4) is 11.5 Å². The molecule has 0 atom stereocenters. The Kier molecular flexibility index (Phi) is 5.75. The van der Waals surface area contributed by atoms with Crippen LogP contribution in [0.2, 0.25) is 0 Å². The number of thiophene rings is 1. The highest BCUT2D eigenvalue weighted by molar-refractivity contribution is 7.17. The summed E-state index contributed by atoms with van der Waals surface area (Å²) in [5.74, 6) is 1.15. The van der Waals surface area contributed by atoms with Crippen LogP contribution < -0.4 is 14.8 Å². The van der Waals surface area contributed by atoms with Crippen LogP contribution in [0.25, 0.3) is 10.1 Å². The summed E-state index contributed by atoms with van der Waals surface area (Å²) in [6.07, 6.45) is 0. The van der Waals surface area contributed by atoms with Gasteiger partial charge in [-0.3, -0.25) is 9.69 Å². The van der Waals surface area contributed by atoms with E-state index in [1.807, 2.05) is 24.1 Å². The predicted octanol–water partition coefficient (Wildman–Crippen LogP) is 3.99. The fraction of sp³-hybridized carbons (Fsp3) is 0.250. The molecule has 3 rings (SSSR count). The van der Waals surface area contributed by atoms with E-state index in [0.29, 0.717) is 23.7 Å². The molecule has 0 radical (unpaired) electrons. The van der Waals surface area contributed by atoms with Gasteiger partial charge in [-0.15, -0.1) is 11.3 Å². The van der Waals surface area contributed by atoms with Crippen LogP contribution in [-0.2, 0) is 11.3 Å². The predicted molar refractivity (Wildman–Crippen MR) is 106 cm³/mol. The van der Waals surface area contributed by atoms with E-state index in [4.69, 9.17) is 9.47 Å². The number of rotatable bonds is 7. The molecule has 5 nitrogen and oxygen atoms in total. The van der Waals surface area contributed by atoms with Crippen molar-refractivity contribution in [2.75, 3.05) is 33.1 Å². The quantitative estimate of drug-likeness (QED) is 0.683. The second-order valence-electron chi connectivity index (χ2n) is 6.05. The molecule has 1 amide bonds. The van der Waals surface area contributed by atoms with Crippen molar-refractivity contribution >= 4 is 33.0 Å². The number of fused-ring (bicyclic) bond motifs is 1. The van der Waals surface area contributed by atoms with Crippen LogP contribution in [0.1, 0.15) is 5.56 Å². The fourth-order valence-corrected chi connectivity index (χ4v) is 3.82. The van der Waals surface area contributed by atoms with Gasteiger partial charge in [0, 0.05) is 23.0 Å². The van der Waals surface area contributed by atoms with Crippen molar-refractivity contribution in [3.05, 3.63) is 53.4 Å². The summed E-state index contributed by atoms with van der Waals surface area (Å²) >= 11 is 1.73. The van der Waals surface area contributed by atoms with Gasteiger partial charge in [-0.05, 0) is 41.6 Å². The first-order valence-electron chi connectivity index (χ1n) is 8.26. The molecule has 1 N–H and O–H groups in total. The number of ether oxygens (including phenoxy) is 2. The average molecular weight is 370 g/mol. The van der Waals surface area contributed by atoms with E-state index in [1.54, 1.807) is 43.8 Å². The lowest BCUT2D eigenvalue weighted by Crippen LogP contribution is -2.29. The molecule has 136 valence electrons. The first kappa shape index (κ1) is 18.2. The fourth-order valence-electron chi connectivity index (χ4n) is 2.86. The second kappa shape index (κ2) is 8.21. The Morgan fingerprint density at radius 1 is 1.12 bits per heavy atom. The van der Waals surface area contributed by atoms with E-state index in [2.05, 4.69) is 22.8 Å². The summed E-state index contributed by atoms with van der Waals surface area (Å²) in [6, 6.07) is 13.7. The molecule has 0 unspecified atom stereocenters. The number of carbonyl (C=O) groups excluding carboxylic acids is 1. The number of nitrogens with zero attached hydrogens (tertiary/aromatic N) is 1. The Morgan fingerprint density at radius 3 is 2.65 bits per heavy atom. The van der Waals surface area contributed by atoms with Gasteiger partial charge >= 0.3 is 0 Å². The van der Waals surface area contributed by atoms with E-state index >= 15 is 0 Å². The summed E-state index contributed by atoms with van der Waals surface area (Å²) in [5.41, 5.74) is 1.93. The molecule has 1 aromatic heterocycles. The first-order chi connectivity index (χ1) is 12.6. The molecule has 0 aliphatic rings. The van der Waals surface area contributed by atoms with Gasteiger partial charge in [0.15, 0.2) is 11.5 Å². The minimum atomic E-state index is -0.0701. The van der Waals surface area contributed by atoms with Gasteiger partial charge in [0.2, 0.25) is 5.91 Å². The van der Waals surface area contributed by atoms with Crippen molar-refractivity contribution in [1.82, 2.24) is 4.90 Å². The molecule has 1 heterocycles. The zero-order valence-electron chi connectivity index (χ0n) is 15.1. The van der Waals surface area contributed by atoms with Crippen molar-refractivity contribution in [3.63, 3.8) is 0 Å². The molecular weight excluding hydrogens is 348 g/mol. The highest BCUT2D eigenvalue weighted by Crippen LogP contribution is 2.30. The van der Waals surface area contributed by atoms with Crippen LogP contribution in [0.15, 0.2) is 47.8 Å². The van der Waals surface area contributed by atoms with Gasteiger partial charge < -0.3 is 14.8 Å². The Morgan fingerprint density at radius 2 is 1.88 bits per heavy atom. The normalized spacial score (nSPS) is 10.9. The second-order valence-corrected chi connectivity index (χ2v) is 6.96. The van der Waals surface area contributed by atoms with Crippen LogP contribution >= 0.6 is 11.3 Å². The molecule has 26 heavy (non-hydrogen) atoms. The number of hydrogen-bond donors (Lipinski definition) is 1. The third-order valence-electron chi connectivity index (χ3n) is 4.08. The summed E-state index contributed by atoms with van der Waals surface area (Å²) < 4.78 is 11.7. The summed E-state index contributed by atoms with van der Waals surface area (Å²) in [5, 5.41) is 6.32. The topological polar surface area (TPSA) is 50.8 Å². The minimum absolute atomic E-state index is 0.0701. The maximum absolute atomic E-state index is 12.3. The number of carbonyl (C=O) groups is 1. The third-order valence-corrected chi connectivity index (χ3v) is 5.09. The highest BCUT2D eigenvalue weighted by Gasteiger charge is 2.12. The lowest BCUT2D eigenvalue weighted by atomic mass is 10.2. The average Bonchev–Trinajstić information content (AvgIpc) is 3.04. The van der Waals surface area contributed by atoms with Gasteiger partial charge in [0.05, 0.1) is 20.8 Å². The number of amides is 1. The summed E-state index contributed by atoms with van der Waals surface area (Å²) in [7, 11) is 5.10. The van der Waals surface area contributed by atoms with Gasteiger partial charge in [-0.2, -0.15) is 0 Å². The highest BCUT2D eigenvalue weighted by atomic mass is 32.1. The lowest BCUT2D eigenvalue weighted by molar-refractivity contribution is -0.117. The SMILES string of the molecule is COc1ccc(NC(=O)CN(C)Cc2csc3ccccc23)cc1OC. The van der Waals surface area contributed by atoms with Crippen LogP contribution in [0.3, 0.4) is 0 Å². The maximum atomic E-state index is 12.3. The molecule has 0 saturated carbocycles. The molecule has 3 aromatic rings. The molecule has 2 aromatic carbocycles. The monoisotopic (exact) mass is 370 g/mol. The number of anilines is 1. The number of hydrogen-bond acceptors (Lipinski definition) is 5. The van der Waals surface area contributed by atoms with E-state index in [1.165, 1.54) is 15.6 Å². The van der Waals surface area contributed by atoms with E-state index in [-0.39, 0.29) is 5.91 Å². The molecule has 0 spiro atoms. The zero-order chi connectivity index (χ0) is 18.5. The van der Waals surface area contributed by atoms with Crippen molar-refractivity contribution in [1.29, 1.82) is 0 Å².